The first-order valence-corrected chi connectivity index (χ1v) is 12.5. The molecule has 0 N–H and O–H groups in total. The summed E-state index contributed by atoms with van der Waals surface area (Å²) in [6.07, 6.45) is 2.30. The number of aromatic nitrogens is 1. The highest BCUT2D eigenvalue weighted by atomic mass is 32.1. The van der Waals surface area contributed by atoms with E-state index in [1.54, 1.807) is 11.3 Å². The molecule has 3 aromatic rings. The van der Waals surface area contributed by atoms with Gasteiger partial charge in [0.1, 0.15) is 18.1 Å². The second-order valence-corrected chi connectivity index (χ2v) is 9.57. The smallest absolute Gasteiger partial charge is 0.279 e. The molecular weight excluding hydrogens is 436 g/mol. The third kappa shape index (κ3) is 5.82. The summed E-state index contributed by atoms with van der Waals surface area (Å²) in [7, 11) is 0. The molecule has 2 fully saturated rings. The van der Waals surface area contributed by atoms with Gasteiger partial charge in [-0.15, -0.1) is 0 Å². The van der Waals surface area contributed by atoms with E-state index in [2.05, 4.69) is 14.8 Å². The van der Waals surface area contributed by atoms with E-state index >= 15 is 0 Å². The zero-order chi connectivity index (χ0) is 22.5. The molecule has 7 nitrogen and oxygen atoms in total. The van der Waals surface area contributed by atoms with Crippen LogP contribution in [0.3, 0.4) is 0 Å². The van der Waals surface area contributed by atoms with Crippen molar-refractivity contribution in [3.05, 3.63) is 48.5 Å². The standard InChI is InChI=1S/C25H30N4O3S/c30-24(29-11-3-4-12-29)19-28-15-13-27(14-16-28)17-18-31-20-7-9-21(10-8-20)32-25-26-22-5-1-2-6-23(22)33-25/h1-2,5-10H,3-4,11-19H2. The SMILES string of the molecule is O=C(CN1CCN(CCOc2ccc(Oc3nc4ccccc4s3)cc2)CC1)N1CCCC1. The number of rotatable bonds is 8. The summed E-state index contributed by atoms with van der Waals surface area (Å²) in [6.45, 7) is 7.81. The molecule has 0 bridgehead atoms. The van der Waals surface area contributed by atoms with Gasteiger partial charge >= 0.3 is 0 Å². The van der Waals surface area contributed by atoms with Gasteiger partial charge < -0.3 is 14.4 Å². The van der Waals surface area contributed by atoms with Crippen LogP contribution in [-0.2, 0) is 4.79 Å². The van der Waals surface area contributed by atoms with Gasteiger partial charge in [-0.25, -0.2) is 4.98 Å². The minimum atomic E-state index is 0.292. The van der Waals surface area contributed by atoms with Gasteiger partial charge in [0.05, 0.1) is 16.8 Å². The molecule has 174 valence electrons. The first-order chi connectivity index (χ1) is 16.2. The van der Waals surface area contributed by atoms with Crippen molar-refractivity contribution in [2.45, 2.75) is 12.8 Å². The van der Waals surface area contributed by atoms with Crippen molar-refractivity contribution in [1.29, 1.82) is 0 Å². The minimum absolute atomic E-state index is 0.292. The third-order valence-corrected chi connectivity index (χ3v) is 7.18. The Labute approximate surface area is 198 Å². The second kappa shape index (κ2) is 10.5. The van der Waals surface area contributed by atoms with Crippen molar-refractivity contribution in [2.24, 2.45) is 0 Å². The summed E-state index contributed by atoms with van der Waals surface area (Å²) in [5.74, 6) is 1.88. The van der Waals surface area contributed by atoms with E-state index in [1.807, 2.05) is 53.4 Å². The number of hydrogen-bond acceptors (Lipinski definition) is 7. The van der Waals surface area contributed by atoms with Gasteiger partial charge in [-0.05, 0) is 49.2 Å². The van der Waals surface area contributed by atoms with Crippen LogP contribution in [0.4, 0.5) is 0 Å². The molecule has 1 aromatic heterocycles. The lowest BCUT2D eigenvalue weighted by atomic mass is 10.3. The molecule has 0 atom stereocenters. The Morgan fingerprint density at radius 3 is 2.33 bits per heavy atom. The van der Waals surface area contributed by atoms with Crippen LogP contribution in [0, 0.1) is 0 Å². The molecule has 0 unspecified atom stereocenters. The first-order valence-electron chi connectivity index (χ1n) is 11.7. The van der Waals surface area contributed by atoms with E-state index in [1.165, 1.54) is 0 Å². The van der Waals surface area contributed by atoms with Crippen molar-refractivity contribution in [1.82, 2.24) is 19.7 Å². The average molecular weight is 467 g/mol. The molecule has 0 saturated carbocycles. The quantitative estimate of drug-likeness (QED) is 0.505. The van der Waals surface area contributed by atoms with E-state index in [4.69, 9.17) is 9.47 Å². The van der Waals surface area contributed by atoms with Gasteiger partial charge in [-0.1, -0.05) is 23.5 Å². The first kappa shape index (κ1) is 22.1. The number of thiazole rings is 1. The van der Waals surface area contributed by atoms with Crippen molar-refractivity contribution >= 4 is 27.5 Å². The van der Waals surface area contributed by atoms with Gasteiger partial charge in [0.25, 0.3) is 5.19 Å². The van der Waals surface area contributed by atoms with E-state index in [9.17, 15) is 4.79 Å². The maximum atomic E-state index is 12.3. The number of fused-ring (bicyclic) bond motifs is 1. The number of carbonyl (C=O) groups is 1. The van der Waals surface area contributed by atoms with Crippen LogP contribution in [0.25, 0.3) is 10.2 Å². The highest BCUT2D eigenvalue weighted by Gasteiger charge is 2.23. The van der Waals surface area contributed by atoms with E-state index in [-0.39, 0.29) is 0 Å². The Morgan fingerprint density at radius 2 is 1.58 bits per heavy atom. The zero-order valence-electron chi connectivity index (χ0n) is 18.8. The summed E-state index contributed by atoms with van der Waals surface area (Å²) < 4.78 is 13.0. The Hall–Kier alpha value is -2.68. The van der Waals surface area contributed by atoms with E-state index in [0.29, 0.717) is 24.3 Å². The van der Waals surface area contributed by atoms with Crippen LogP contribution >= 0.6 is 11.3 Å². The fourth-order valence-electron chi connectivity index (χ4n) is 4.32. The fraction of sp³-hybridized carbons (Fsp3) is 0.440. The summed E-state index contributed by atoms with van der Waals surface area (Å²) >= 11 is 1.54. The number of likely N-dealkylation sites (tertiary alicyclic amines) is 1. The highest BCUT2D eigenvalue weighted by molar-refractivity contribution is 7.20. The summed E-state index contributed by atoms with van der Waals surface area (Å²) in [5.41, 5.74) is 0.955. The number of para-hydroxylation sites is 1. The zero-order valence-corrected chi connectivity index (χ0v) is 19.6. The number of benzene rings is 2. The summed E-state index contributed by atoms with van der Waals surface area (Å²) in [5, 5.41) is 0.645. The fourth-order valence-corrected chi connectivity index (χ4v) is 5.16. The van der Waals surface area contributed by atoms with Gasteiger partial charge in [-0.2, -0.15) is 0 Å². The number of hydrogen-bond donors (Lipinski definition) is 0. The molecule has 2 aromatic carbocycles. The molecule has 2 aliphatic rings. The molecule has 33 heavy (non-hydrogen) atoms. The number of nitrogens with zero attached hydrogens (tertiary/aromatic N) is 4. The molecule has 0 radical (unpaired) electrons. The lowest BCUT2D eigenvalue weighted by Crippen LogP contribution is -2.50. The lowest BCUT2D eigenvalue weighted by Gasteiger charge is -2.34. The number of piperazine rings is 1. The predicted octanol–water partition coefficient (Wildman–Crippen LogP) is 3.71. The molecule has 0 aliphatic carbocycles. The second-order valence-electron chi connectivity index (χ2n) is 8.58. The number of carbonyl (C=O) groups excluding carboxylic acids is 1. The van der Waals surface area contributed by atoms with Gasteiger partial charge in [-0.3, -0.25) is 14.6 Å². The average Bonchev–Trinajstić information content (AvgIpc) is 3.51. The molecule has 5 rings (SSSR count). The largest absolute Gasteiger partial charge is 0.492 e. The minimum Gasteiger partial charge on any atom is -0.492 e. The maximum absolute atomic E-state index is 12.3. The Balaban J connectivity index is 1.02. The topological polar surface area (TPSA) is 58.1 Å². The molecule has 8 heteroatoms. The van der Waals surface area contributed by atoms with Crippen molar-refractivity contribution in [3.8, 4) is 16.7 Å². The molecule has 1 amide bonds. The molecule has 0 spiro atoms. The lowest BCUT2D eigenvalue weighted by molar-refractivity contribution is -0.131. The van der Waals surface area contributed by atoms with Crippen LogP contribution in [0.5, 0.6) is 16.7 Å². The summed E-state index contributed by atoms with van der Waals surface area (Å²) in [6, 6.07) is 15.7. The Bertz CT molecular complexity index is 1020. The van der Waals surface area contributed by atoms with Crippen molar-refractivity contribution in [3.63, 3.8) is 0 Å². The molecule has 3 heterocycles. The van der Waals surface area contributed by atoms with Crippen LogP contribution in [0.15, 0.2) is 48.5 Å². The van der Waals surface area contributed by atoms with Crippen molar-refractivity contribution < 1.29 is 14.3 Å². The number of ether oxygens (including phenoxy) is 2. The van der Waals surface area contributed by atoms with Gasteiger partial charge in [0.15, 0.2) is 0 Å². The van der Waals surface area contributed by atoms with E-state index < -0.39 is 0 Å². The van der Waals surface area contributed by atoms with Crippen LogP contribution in [0.2, 0.25) is 0 Å². The monoisotopic (exact) mass is 466 g/mol. The molecule has 2 aliphatic heterocycles. The molecule has 2 saturated heterocycles. The van der Waals surface area contributed by atoms with Crippen LogP contribution in [-0.4, -0.2) is 84.6 Å². The van der Waals surface area contributed by atoms with Gasteiger partial charge in [0.2, 0.25) is 5.91 Å². The highest BCUT2D eigenvalue weighted by Crippen LogP contribution is 2.31. The van der Waals surface area contributed by atoms with Crippen LogP contribution < -0.4 is 9.47 Å². The predicted molar refractivity (Wildman–Crippen MR) is 130 cm³/mol. The van der Waals surface area contributed by atoms with Crippen molar-refractivity contribution in [2.75, 3.05) is 59.0 Å². The van der Waals surface area contributed by atoms with Gasteiger partial charge in [0, 0.05) is 45.8 Å². The van der Waals surface area contributed by atoms with E-state index in [0.717, 1.165) is 80.4 Å². The molecular formula is C25H30N4O3S. The normalized spacial score (nSPS) is 17.5. The third-order valence-electron chi connectivity index (χ3n) is 6.26. The Morgan fingerprint density at radius 1 is 0.879 bits per heavy atom. The maximum Gasteiger partial charge on any atom is 0.279 e. The van der Waals surface area contributed by atoms with Crippen LogP contribution in [0.1, 0.15) is 12.8 Å². The Kier molecular flexibility index (Phi) is 7.04. The summed E-state index contributed by atoms with van der Waals surface area (Å²) in [4.78, 5) is 23.5. The number of amides is 1.